The Morgan fingerprint density at radius 3 is 2.61 bits per heavy atom. The molecule has 4 rings (SSSR count). The van der Waals surface area contributed by atoms with E-state index in [0.717, 1.165) is 28.8 Å². The second-order valence-corrected chi connectivity index (χ2v) is 8.85. The number of furan rings is 1. The minimum atomic E-state index is -4.56. The summed E-state index contributed by atoms with van der Waals surface area (Å²) in [5.74, 6) is -1.18. The molecule has 1 aliphatic rings. The minimum absolute atomic E-state index is 0.00752. The summed E-state index contributed by atoms with van der Waals surface area (Å²) in [5.41, 5.74) is -0.510. The first-order valence-corrected chi connectivity index (χ1v) is 10.7. The number of hydrogen-bond donors (Lipinski definition) is 1. The molecule has 1 fully saturated rings. The molecule has 33 heavy (non-hydrogen) atoms. The Kier molecular flexibility index (Phi) is 6.08. The van der Waals surface area contributed by atoms with E-state index < -0.39 is 23.6 Å². The number of carbonyl (C=O) groups is 2. The number of thioether (sulfide) groups is 1. The molecule has 0 atom stereocenters. The summed E-state index contributed by atoms with van der Waals surface area (Å²) >= 11 is 12.3. The van der Waals surface area contributed by atoms with Crippen LogP contribution in [-0.2, 0) is 11.0 Å². The predicted molar refractivity (Wildman–Crippen MR) is 123 cm³/mol. The van der Waals surface area contributed by atoms with Gasteiger partial charge in [0.15, 0.2) is 4.32 Å². The van der Waals surface area contributed by atoms with Crippen molar-refractivity contribution >= 4 is 63.5 Å². The normalized spacial score (nSPS) is 15.5. The summed E-state index contributed by atoms with van der Waals surface area (Å²) in [6.45, 7) is 0. The Morgan fingerprint density at radius 1 is 1.15 bits per heavy atom. The molecule has 0 unspecified atom stereocenters. The first-order valence-electron chi connectivity index (χ1n) is 9.13. The fraction of sp³-hybridized carbons (Fsp3) is 0.0455. The van der Waals surface area contributed by atoms with Crippen LogP contribution >= 0.6 is 35.6 Å². The third kappa shape index (κ3) is 4.68. The molecule has 11 heteroatoms. The van der Waals surface area contributed by atoms with Crippen LogP contribution in [0.1, 0.15) is 21.7 Å². The molecule has 5 nitrogen and oxygen atoms in total. The highest BCUT2D eigenvalue weighted by Gasteiger charge is 2.36. The number of carbonyl (C=O) groups excluding carboxylic acids is 1. The summed E-state index contributed by atoms with van der Waals surface area (Å²) < 4.78 is 44.9. The maximum atomic E-state index is 13.0. The van der Waals surface area contributed by atoms with Crippen LogP contribution in [-0.4, -0.2) is 21.3 Å². The van der Waals surface area contributed by atoms with E-state index in [2.05, 4.69) is 0 Å². The second kappa shape index (κ2) is 8.69. The van der Waals surface area contributed by atoms with Gasteiger partial charge in [-0.25, -0.2) is 4.79 Å². The predicted octanol–water partition coefficient (Wildman–Crippen LogP) is 6.72. The minimum Gasteiger partial charge on any atom is -0.478 e. The molecule has 2 heterocycles. The van der Waals surface area contributed by atoms with Crippen LogP contribution in [0.5, 0.6) is 0 Å². The summed E-state index contributed by atoms with van der Waals surface area (Å²) in [5, 5.41) is 9.45. The molecule has 168 valence electrons. The maximum absolute atomic E-state index is 13.0. The van der Waals surface area contributed by atoms with E-state index in [4.69, 9.17) is 28.2 Å². The van der Waals surface area contributed by atoms with E-state index in [1.807, 2.05) is 0 Å². The molecular weight excluding hydrogens is 499 g/mol. The maximum Gasteiger partial charge on any atom is 0.416 e. The number of carboxylic acid groups (broad SMARTS) is 1. The largest absolute Gasteiger partial charge is 0.478 e. The molecule has 1 amide bonds. The number of hydrogen-bond acceptors (Lipinski definition) is 5. The quantitative estimate of drug-likeness (QED) is 0.311. The number of rotatable bonds is 4. The highest BCUT2D eigenvalue weighted by Crippen LogP contribution is 2.39. The van der Waals surface area contributed by atoms with Crippen molar-refractivity contribution in [1.29, 1.82) is 0 Å². The number of thiocarbonyl (C=S) groups is 1. The second-order valence-electron chi connectivity index (χ2n) is 6.77. The summed E-state index contributed by atoms with van der Waals surface area (Å²) in [6, 6.07) is 11.6. The van der Waals surface area contributed by atoms with Crippen molar-refractivity contribution in [2.75, 3.05) is 4.90 Å². The van der Waals surface area contributed by atoms with Crippen LogP contribution in [0.3, 0.4) is 0 Å². The van der Waals surface area contributed by atoms with Crippen LogP contribution < -0.4 is 4.90 Å². The van der Waals surface area contributed by atoms with E-state index in [-0.39, 0.29) is 37.0 Å². The van der Waals surface area contributed by atoms with Crippen molar-refractivity contribution in [2.45, 2.75) is 6.18 Å². The summed E-state index contributed by atoms with van der Waals surface area (Å²) in [6.07, 6.45) is -3.15. The number of carboxylic acids is 1. The fourth-order valence-electron chi connectivity index (χ4n) is 3.06. The van der Waals surface area contributed by atoms with Gasteiger partial charge in [-0.2, -0.15) is 13.2 Å². The lowest BCUT2D eigenvalue weighted by atomic mass is 10.1. The van der Waals surface area contributed by atoms with Crippen LogP contribution in [0.2, 0.25) is 5.02 Å². The molecule has 1 saturated heterocycles. The first-order chi connectivity index (χ1) is 15.5. The zero-order valence-corrected chi connectivity index (χ0v) is 18.6. The highest BCUT2D eigenvalue weighted by molar-refractivity contribution is 8.27. The Labute approximate surface area is 199 Å². The Hall–Kier alpha value is -3.08. The first kappa shape index (κ1) is 23.1. The van der Waals surface area contributed by atoms with E-state index in [1.165, 1.54) is 36.4 Å². The summed E-state index contributed by atoms with van der Waals surface area (Å²) in [7, 11) is 0. The van der Waals surface area contributed by atoms with Gasteiger partial charge in [-0.15, -0.1) is 0 Å². The molecule has 0 bridgehead atoms. The van der Waals surface area contributed by atoms with Gasteiger partial charge < -0.3 is 9.52 Å². The third-order valence-electron chi connectivity index (χ3n) is 4.60. The Bertz CT molecular complexity index is 1330. The van der Waals surface area contributed by atoms with E-state index in [0.29, 0.717) is 5.56 Å². The van der Waals surface area contributed by atoms with Crippen molar-refractivity contribution in [3.05, 3.63) is 81.4 Å². The van der Waals surface area contributed by atoms with Gasteiger partial charge in [0.05, 0.1) is 26.7 Å². The smallest absolute Gasteiger partial charge is 0.416 e. The lowest BCUT2D eigenvalue weighted by molar-refractivity contribution is -0.137. The third-order valence-corrected chi connectivity index (χ3v) is 6.24. The number of halogens is 4. The molecule has 0 radical (unpaired) electrons. The van der Waals surface area contributed by atoms with Gasteiger partial charge in [0.1, 0.15) is 11.5 Å². The van der Waals surface area contributed by atoms with Crippen LogP contribution in [0.4, 0.5) is 18.9 Å². The van der Waals surface area contributed by atoms with Gasteiger partial charge >= 0.3 is 12.1 Å². The average Bonchev–Trinajstić information content (AvgIpc) is 3.32. The van der Waals surface area contributed by atoms with E-state index in [1.54, 1.807) is 12.1 Å². The van der Waals surface area contributed by atoms with Crippen LogP contribution in [0.25, 0.3) is 17.4 Å². The Morgan fingerprint density at radius 2 is 1.91 bits per heavy atom. The average molecular weight is 510 g/mol. The standard InChI is InChI=1S/C22H11ClF3NO4S2/c23-16-6-4-11(20(29)30)8-15(16)17-7-5-14(31-17)10-18-19(28)27(21(32)33-18)13-3-1-2-12(9-13)22(24,25)26/h1-10H,(H,29,30)/b18-10+. The number of nitrogens with zero attached hydrogens (tertiary/aromatic N) is 1. The number of benzene rings is 2. The molecule has 1 aromatic heterocycles. The van der Waals surface area contributed by atoms with Crippen molar-refractivity contribution in [1.82, 2.24) is 0 Å². The lowest BCUT2D eigenvalue weighted by Crippen LogP contribution is -2.27. The molecule has 0 aliphatic carbocycles. The van der Waals surface area contributed by atoms with Crippen LogP contribution in [0.15, 0.2) is 63.9 Å². The van der Waals surface area contributed by atoms with Crippen molar-refractivity contribution in [2.24, 2.45) is 0 Å². The van der Waals surface area contributed by atoms with Gasteiger partial charge in [-0.1, -0.05) is 41.6 Å². The monoisotopic (exact) mass is 509 g/mol. The SMILES string of the molecule is O=C(O)c1ccc(Cl)c(-c2ccc(/C=C3/SC(=S)N(c4cccc(C(F)(F)F)c4)C3=O)o2)c1. The molecular formula is C22H11ClF3NO4S2. The lowest BCUT2D eigenvalue weighted by Gasteiger charge is -2.16. The van der Waals surface area contributed by atoms with Gasteiger partial charge in [0.2, 0.25) is 0 Å². The molecule has 3 aromatic rings. The molecule has 1 N–H and O–H groups in total. The van der Waals surface area contributed by atoms with E-state index in [9.17, 15) is 27.9 Å². The van der Waals surface area contributed by atoms with Gasteiger partial charge in [-0.05, 0) is 48.5 Å². The summed E-state index contributed by atoms with van der Waals surface area (Å²) in [4.78, 5) is 25.3. The molecule has 2 aromatic carbocycles. The van der Waals surface area contributed by atoms with Crippen molar-refractivity contribution < 1.29 is 32.3 Å². The van der Waals surface area contributed by atoms with Gasteiger partial charge in [0, 0.05) is 11.6 Å². The zero-order valence-electron chi connectivity index (χ0n) is 16.2. The number of anilines is 1. The molecule has 0 spiro atoms. The van der Waals surface area contributed by atoms with Crippen LogP contribution in [0, 0.1) is 0 Å². The van der Waals surface area contributed by atoms with Gasteiger partial charge in [-0.3, -0.25) is 9.69 Å². The topological polar surface area (TPSA) is 70.8 Å². The number of amides is 1. The van der Waals surface area contributed by atoms with Gasteiger partial charge in [0.25, 0.3) is 5.91 Å². The zero-order chi connectivity index (χ0) is 23.9. The molecule has 0 saturated carbocycles. The number of alkyl halides is 3. The fourth-order valence-corrected chi connectivity index (χ4v) is 4.55. The molecule has 1 aliphatic heterocycles. The van der Waals surface area contributed by atoms with Crippen molar-refractivity contribution in [3.63, 3.8) is 0 Å². The van der Waals surface area contributed by atoms with Crippen molar-refractivity contribution in [3.8, 4) is 11.3 Å². The number of aromatic carboxylic acids is 1. The van der Waals surface area contributed by atoms with E-state index >= 15 is 0 Å². The Balaban J connectivity index is 1.63. The highest BCUT2D eigenvalue weighted by atomic mass is 35.5.